The minimum atomic E-state index is -0.0230. The van der Waals surface area contributed by atoms with Crippen LogP contribution in [-0.2, 0) is 13.7 Å². The standard InChI is InChI=1S/C8H10N4O/c1-12-5-9-3-7(12)8-10-2-6(4-13)11-8/h2-3,5,13H,4H2,1H3,(H,10,11). The number of imidazole rings is 2. The second-order valence-electron chi connectivity index (χ2n) is 2.80. The van der Waals surface area contributed by atoms with E-state index in [2.05, 4.69) is 15.0 Å². The summed E-state index contributed by atoms with van der Waals surface area (Å²) in [6.07, 6.45) is 5.04. The Morgan fingerprint density at radius 2 is 2.38 bits per heavy atom. The average molecular weight is 178 g/mol. The molecular formula is C8H10N4O. The Morgan fingerprint density at radius 1 is 1.54 bits per heavy atom. The van der Waals surface area contributed by atoms with Crippen LogP contribution in [0.4, 0.5) is 0 Å². The van der Waals surface area contributed by atoms with E-state index in [1.807, 2.05) is 11.6 Å². The normalized spacial score (nSPS) is 10.6. The molecule has 0 aliphatic carbocycles. The molecule has 0 saturated heterocycles. The van der Waals surface area contributed by atoms with E-state index in [0.717, 1.165) is 11.5 Å². The van der Waals surface area contributed by atoms with Gasteiger partial charge in [0.2, 0.25) is 0 Å². The highest BCUT2D eigenvalue weighted by Gasteiger charge is 2.05. The Balaban J connectivity index is 2.41. The van der Waals surface area contributed by atoms with Crippen molar-refractivity contribution >= 4 is 0 Å². The van der Waals surface area contributed by atoms with E-state index >= 15 is 0 Å². The summed E-state index contributed by atoms with van der Waals surface area (Å²) >= 11 is 0. The lowest BCUT2D eigenvalue weighted by atomic mass is 10.4. The lowest BCUT2D eigenvalue weighted by molar-refractivity contribution is 0.277. The summed E-state index contributed by atoms with van der Waals surface area (Å²) in [5, 5.41) is 8.82. The molecule has 0 radical (unpaired) electrons. The van der Waals surface area contributed by atoms with E-state index in [1.54, 1.807) is 18.7 Å². The molecule has 2 rings (SSSR count). The predicted octanol–water partition coefficient (Wildman–Crippen LogP) is 0.302. The van der Waals surface area contributed by atoms with Crippen LogP contribution in [0, 0.1) is 0 Å². The number of aliphatic hydroxyl groups excluding tert-OH is 1. The van der Waals surface area contributed by atoms with Gasteiger partial charge in [0.1, 0.15) is 5.69 Å². The summed E-state index contributed by atoms with van der Waals surface area (Å²) in [5.41, 5.74) is 1.61. The molecule has 0 amide bonds. The Labute approximate surface area is 75.1 Å². The highest BCUT2D eigenvalue weighted by molar-refractivity contribution is 5.48. The van der Waals surface area contributed by atoms with Gasteiger partial charge in [-0.05, 0) is 0 Å². The SMILES string of the molecule is Cn1cncc1-c1ncc(CO)[nH]1. The monoisotopic (exact) mass is 178 g/mol. The second-order valence-corrected chi connectivity index (χ2v) is 2.80. The first-order chi connectivity index (χ1) is 6.31. The van der Waals surface area contributed by atoms with Crippen molar-refractivity contribution in [2.45, 2.75) is 6.61 Å². The Morgan fingerprint density at radius 3 is 2.92 bits per heavy atom. The number of aromatic amines is 1. The predicted molar refractivity (Wildman–Crippen MR) is 46.7 cm³/mol. The molecule has 5 nitrogen and oxygen atoms in total. The van der Waals surface area contributed by atoms with Crippen molar-refractivity contribution in [1.29, 1.82) is 0 Å². The van der Waals surface area contributed by atoms with Crippen molar-refractivity contribution in [3.05, 3.63) is 24.4 Å². The first kappa shape index (κ1) is 8.00. The summed E-state index contributed by atoms with van der Waals surface area (Å²) in [6, 6.07) is 0. The molecule has 0 saturated carbocycles. The number of hydrogen-bond donors (Lipinski definition) is 2. The maximum absolute atomic E-state index is 8.82. The average Bonchev–Trinajstić information content (AvgIpc) is 2.71. The van der Waals surface area contributed by atoms with Gasteiger partial charge < -0.3 is 14.7 Å². The van der Waals surface area contributed by atoms with Gasteiger partial charge in [-0.15, -0.1) is 0 Å². The lowest BCUT2D eigenvalue weighted by Gasteiger charge is -1.96. The van der Waals surface area contributed by atoms with E-state index in [4.69, 9.17) is 5.11 Å². The third-order valence-electron chi connectivity index (χ3n) is 1.86. The molecule has 0 spiro atoms. The fourth-order valence-corrected chi connectivity index (χ4v) is 1.16. The van der Waals surface area contributed by atoms with E-state index in [-0.39, 0.29) is 6.61 Å². The molecular weight excluding hydrogens is 168 g/mol. The van der Waals surface area contributed by atoms with Crippen molar-refractivity contribution in [3.63, 3.8) is 0 Å². The van der Waals surface area contributed by atoms with Crippen LogP contribution in [0.1, 0.15) is 5.69 Å². The van der Waals surface area contributed by atoms with Gasteiger partial charge in [-0.2, -0.15) is 0 Å². The van der Waals surface area contributed by atoms with Gasteiger partial charge in [-0.1, -0.05) is 0 Å². The zero-order valence-corrected chi connectivity index (χ0v) is 7.23. The van der Waals surface area contributed by atoms with Gasteiger partial charge >= 0.3 is 0 Å². The molecule has 0 aliphatic heterocycles. The summed E-state index contributed by atoms with van der Waals surface area (Å²) in [7, 11) is 1.89. The number of nitrogens with zero attached hydrogens (tertiary/aromatic N) is 3. The van der Waals surface area contributed by atoms with Crippen LogP contribution in [0.3, 0.4) is 0 Å². The Bertz CT molecular complexity index is 404. The van der Waals surface area contributed by atoms with Gasteiger partial charge in [-0.3, -0.25) is 0 Å². The van der Waals surface area contributed by atoms with E-state index < -0.39 is 0 Å². The third-order valence-corrected chi connectivity index (χ3v) is 1.86. The molecule has 0 bridgehead atoms. The van der Waals surface area contributed by atoms with Crippen LogP contribution in [0.15, 0.2) is 18.7 Å². The minimum absolute atomic E-state index is 0.0230. The van der Waals surface area contributed by atoms with Gasteiger partial charge in [-0.25, -0.2) is 9.97 Å². The van der Waals surface area contributed by atoms with Gasteiger partial charge in [0, 0.05) is 7.05 Å². The lowest BCUT2D eigenvalue weighted by Crippen LogP contribution is -1.91. The van der Waals surface area contributed by atoms with E-state index in [1.165, 1.54) is 0 Å². The molecule has 13 heavy (non-hydrogen) atoms. The number of aryl methyl sites for hydroxylation is 1. The Hall–Kier alpha value is -1.62. The summed E-state index contributed by atoms with van der Waals surface area (Å²) < 4.78 is 1.86. The van der Waals surface area contributed by atoms with Crippen molar-refractivity contribution in [1.82, 2.24) is 19.5 Å². The molecule has 2 aromatic heterocycles. The number of aliphatic hydroxyl groups is 1. The highest BCUT2D eigenvalue weighted by Crippen LogP contribution is 2.13. The van der Waals surface area contributed by atoms with Crippen molar-refractivity contribution in [2.75, 3.05) is 0 Å². The first-order valence-electron chi connectivity index (χ1n) is 3.92. The smallest absolute Gasteiger partial charge is 0.155 e. The van der Waals surface area contributed by atoms with Crippen LogP contribution in [0.25, 0.3) is 11.5 Å². The molecule has 0 fully saturated rings. The maximum Gasteiger partial charge on any atom is 0.155 e. The quantitative estimate of drug-likeness (QED) is 0.695. The van der Waals surface area contributed by atoms with Crippen molar-refractivity contribution in [2.24, 2.45) is 7.05 Å². The first-order valence-corrected chi connectivity index (χ1v) is 3.92. The van der Waals surface area contributed by atoms with E-state index in [9.17, 15) is 0 Å². The topological polar surface area (TPSA) is 66.7 Å². The van der Waals surface area contributed by atoms with Crippen LogP contribution in [-0.4, -0.2) is 24.6 Å². The molecule has 0 atom stereocenters. The number of hydrogen-bond acceptors (Lipinski definition) is 3. The van der Waals surface area contributed by atoms with Crippen LogP contribution >= 0.6 is 0 Å². The molecule has 2 aromatic rings. The summed E-state index contributed by atoms with van der Waals surface area (Å²) in [6.45, 7) is -0.0230. The molecule has 0 aliphatic rings. The molecule has 2 N–H and O–H groups in total. The number of nitrogens with one attached hydrogen (secondary N) is 1. The Kier molecular flexibility index (Phi) is 1.86. The second kappa shape index (κ2) is 3.02. The fraction of sp³-hybridized carbons (Fsp3) is 0.250. The van der Waals surface area contributed by atoms with Crippen LogP contribution < -0.4 is 0 Å². The number of H-pyrrole nitrogens is 1. The zero-order chi connectivity index (χ0) is 9.26. The highest BCUT2D eigenvalue weighted by atomic mass is 16.3. The summed E-state index contributed by atoms with van der Waals surface area (Å²) in [5.74, 6) is 0.726. The van der Waals surface area contributed by atoms with Crippen LogP contribution in [0.2, 0.25) is 0 Å². The minimum Gasteiger partial charge on any atom is -0.390 e. The fourth-order valence-electron chi connectivity index (χ4n) is 1.16. The molecule has 2 heterocycles. The molecule has 0 aromatic carbocycles. The molecule has 68 valence electrons. The zero-order valence-electron chi connectivity index (χ0n) is 7.23. The largest absolute Gasteiger partial charge is 0.390 e. The maximum atomic E-state index is 8.82. The summed E-state index contributed by atoms with van der Waals surface area (Å²) in [4.78, 5) is 11.1. The van der Waals surface area contributed by atoms with Crippen molar-refractivity contribution < 1.29 is 5.11 Å². The molecule has 5 heteroatoms. The van der Waals surface area contributed by atoms with E-state index in [0.29, 0.717) is 5.69 Å². The number of aromatic nitrogens is 4. The van der Waals surface area contributed by atoms with Crippen LogP contribution in [0.5, 0.6) is 0 Å². The van der Waals surface area contributed by atoms with Gasteiger partial charge in [0.25, 0.3) is 0 Å². The number of rotatable bonds is 2. The van der Waals surface area contributed by atoms with Gasteiger partial charge in [0.05, 0.1) is 31.0 Å². The molecule has 0 unspecified atom stereocenters. The van der Waals surface area contributed by atoms with Gasteiger partial charge in [0.15, 0.2) is 5.82 Å². The van der Waals surface area contributed by atoms with Crippen molar-refractivity contribution in [3.8, 4) is 11.5 Å². The third kappa shape index (κ3) is 1.33.